The Balaban J connectivity index is 2.33. The van der Waals surface area contributed by atoms with Crippen molar-refractivity contribution in [2.75, 3.05) is 0 Å². The summed E-state index contributed by atoms with van der Waals surface area (Å²) >= 11 is 0. The highest BCUT2D eigenvalue weighted by molar-refractivity contribution is 5.54. The lowest BCUT2D eigenvalue weighted by Crippen LogP contribution is -1.84. The second-order valence-electron chi connectivity index (χ2n) is 2.76. The molecule has 0 saturated heterocycles. The van der Waals surface area contributed by atoms with Gasteiger partial charge in [0.05, 0.1) is 6.61 Å². The van der Waals surface area contributed by atoms with Crippen LogP contribution in [0.25, 0.3) is 11.4 Å². The SMILES string of the molecule is OCc1ccc(-c2noc(O)n2)cc1. The number of benzene rings is 1. The van der Waals surface area contributed by atoms with Crippen LogP contribution in [-0.2, 0) is 6.61 Å². The second-order valence-corrected chi connectivity index (χ2v) is 2.76. The molecule has 1 aromatic carbocycles. The van der Waals surface area contributed by atoms with Crippen molar-refractivity contribution in [3.05, 3.63) is 29.8 Å². The fourth-order valence-corrected chi connectivity index (χ4v) is 1.09. The summed E-state index contributed by atoms with van der Waals surface area (Å²) in [5.41, 5.74) is 1.53. The standard InChI is InChI=1S/C9H8N2O3/c12-5-6-1-3-7(4-2-6)8-10-9(13)14-11-8/h1-4,12H,5H2,(H,10,11,13). The number of nitrogens with zero attached hydrogens (tertiary/aromatic N) is 2. The van der Waals surface area contributed by atoms with Crippen LogP contribution in [0.5, 0.6) is 6.08 Å². The summed E-state index contributed by atoms with van der Waals surface area (Å²) in [5.74, 6) is 0.326. The molecule has 0 aliphatic rings. The van der Waals surface area contributed by atoms with E-state index < -0.39 is 6.08 Å². The van der Waals surface area contributed by atoms with Gasteiger partial charge in [-0.2, -0.15) is 4.98 Å². The molecular weight excluding hydrogens is 184 g/mol. The van der Waals surface area contributed by atoms with E-state index in [-0.39, 0.29) is 6.61 Å². The molecule has 5 nitrogen and oxygen atoms in total. The number of aliphatic hydroxyl groups is 1. The number of aromatic nitrogens is 2. The predicted molar refractivity (Wildman–Crippen MR) is 47.3 cm³/mol. The van der Waals surface area contributed by atoms with Crippen molar-refractivity contribution in [1.29, 1.82) is 0 Å². The van der Waals surface area contributed by atoms with E-state index in [1.807, 2.05) is 0 Å². The van der Waals surface area contributed by atoms with Gasteiger partial charge in [0, 0.05) is 5.56 Å². The first-order chi connectivity index (χ1) is 6.79. The Labute approximate surface area is 79.6 Å². The molecule has 0 aliphatic heterocycles. The first-order valence-electron chi connectivity index (χ1n) is 4.02. The van der Waals surface area contributed by atoms with Crippen LogP contribution in [0.15, 0.2) is 28.8 Å². The van der Waals surface area contributed by atoms with Crippen LogP contribution in [0.1, 0.15) is 5.56 Å². The maximum Gasteiger partial charge on any atom is 0.415 e. The van der Waals surface area contributed by atoms with E-state index >= 15 is 0 Å². The monoisotopic (exact) mass is 192 g/mol. The Morgan fingerprint density at radius 1 is 1.21 bits per heavy atom. The minimum Gasteiger partial charge on any atom is -0.464 e. The van der Waals surface area contributed by atoms with Gasteiger partial charge in [0.15, 0.2) is 0 Å². The zero-order valence-electron chi connectivity index (χ0n) is 7.21. The smallest absolute Gasteiger partial charge is 0.415 e. The van der Waals surface area contributed by atoms with E-state index in [9.17, 15) is 0 Å². The number of aromatic hydroxyl groups is 1. The molecule has 0 aliphatic carbocycles. The number of aliphatic hydroxyl groups excluding tert-OH is 1. The highest BCUT2D eigenvalue weighted by atomic mass is 16.6. The van der Waals surface area contributed by atoms with Crippen molar-refractivity contribution in [1.82, 2.24) is 10.1 Å². The van der Waals surface area contributed by atoms with Crippen molar-refractivity contribution in [2.24, 2.45) is 0 Å². The zero-order chi connectivity index (χ0) is 9.97. The van der Waals surface area contributed by atoms with Crippen LogP contribution in [-0.4, -0.2) is 20.4 Å². The molecule has 2 N–H and O–H groups in total. The van der Waals surface area contributed by atoms with E-state index in [4.69, 9.17) is 10.2 Å². The van der Waals surface area contributed by atoms with Crippen LogP contribution in [0.4, 0.5) is 0 Å². The molecule has 0 fully saturated rings. The third-order valence-electron chi connectivity index (χ3n) is 1.81. The summed E-state index contributed by atoms with van der Waals surface area (Å²) in [6, 6.07) is 7.00. The quantitative estimate of drug-likeness (QED) is 0.740. The Hall–Kier alpha value is -1.88. The van der Waals surface area contributed by atoms with E-state index in [1.54, 1.807) is 24.3 Å². The predicted octanol–water partition coefficient (Wildman–Crippen LogP) is 0.934. The molecule has 1 aromatic heterocycles. The van der Waals surface area contributed by atoms with E-state index in [1.165, 1.54) is 0 Å². The van der Waals surface area contributed by atoms with Gasteiger partial charge in [0.1, 0.15) is 0 Å². The van der Waals surface area contributed by atoms with Crippen molar-refractivity contribution in [3.8, 4) is 17.5 Å². The Kier molecular flexibility index (Phi) is 2.16. The van der Waals surface area contributed by atoms with Gasteiger partial charge in [0.2, 0.25) is 5.82 Å². The Bertz CT molecular complexity index is 422. The van der Waals surface area contributed by atoms with E-state index in [0.717, 1.165) is 11.1 Å². The van der Waals surface area contributed by atoms with Crippen LogP contribution in [0.2, 0.25) is 0 Å². The fourth-order valence-electron chi connectivity index (χ4n) is 1.09. The summed E-state index contributed by atoms with van der Waals surface area (Å²) in [4.78, 5) is 3.65. The van der Waals surface area contributed by atoms with Crippen LogP contribution < -0.4 is 0 Å². The average molecular weight is 192 g/mol. The molecular formula is C9H8N2O3. The summed E-state index contributed by atoms with van der Waals surface area (Å²) in [5, 5.41) is 21.2. The molecule has 0 bridgehead atoms. The number of hydrogen-bond acceptors (Lipinski definition) is 5. The zero-order valence-corrected chi connectivity index (χ0v) is 7.21. The molecule has 14 heavy (non-hydrogen) atoms. The largest absolute Gasteiger partial charge is 0.464 e. The van der Waals surface area contributed by atoms with Crippen LogP contribution >= 0.6 is 0 Å². The molecule has 1 heterocycles. The topological polar surface area (TPSA) is 79.4 Å². The van der Waals surface area contributed by atoms with Gasteiger partial charge in [-0.1, -0.05) is 29.4 Å². The number of hydrogen-bond donors (Lipinski definition) is 2. The normalized spacial score (nSPS) is 10.4. The van der Waals surface area contributed by atoms with Gasteiger partial charge in [-0.25, -0.2) is 0 Å². The van der Waals surface area contributed by atoms with Crippen molar-refractivity contribution >= 4 is 0 Å². The van der Waals surface area contributed by atoms with Gasteiger partial charge >= 0.3 is 6.08 Å². The number of rotatable bonds is 2. The molecule has 0 radical (unpaired) electrons. The fraction of sp³-hybridized carbons (Fsp3) is 0.111. The molecule has 2 rings (SSSR count). The first-order valence-corrected chi connectivity index (χ1v) is 4.02. The second kappa shape index (κ2) is 3.47. The third-order valence-corrected chi connectivity index (χ3v) is 1.81. The maximum absolute atomic E-state index is 8.83. The maximum atomic E-state index is 8.83. The van der Waals surface area contributed by atoms with Crippen LogP contribution in [0.3, 0.4) is 0 Å². The van der Waals surface area contributed by atoms with E-state index in [2.05, 4.69) is 14.7 Å². The lowest BCUT2D eigenvalue weighted by atomic mass is 10.1. The summed E-state index contributed by atoms with van der Waals surface area (Å²) in [6.07, 6.45) is -0.453. The Morgan fingerprint density at radius 2 is 1.93 bits per heavy atom. The molecule has 0 amide bonds. The van der Waals surface area contributed by atoms with Gasteiger partial charge in [-0.15, -0.1) is 0 Å². The van der Waals surface area contributed by atoms with Gasteiger partial charge in [-0.05, 0) is 5.56 Å². The highest BCUT2D eigenvalue weighted by Gasteiger charge is 2.06. The third kappa shape index (κ3) is 1.57. The Morgan fingerprint density at radius 3 is 2.43 bits per heavy atom. The molecule has 0 unspecified atom stereocenters. The van der Waals surface area contributed by atoms with E-state index in [0.29, 0.717) is 5.82 Å². The summed E-state index contributed by atoms with van der Waals surface area (Å²) in [6.45, 7) is -0.00221. The van der Waals surface area contributed by atoms with Gasteiger partial charge < -0.3 is 10.2 Å². The van der Waals surface area contributed by atoms with Gasteiger partial charge in [-0.3, -0.25) is 4.52 Å². The van der Waals surface area contributed by atoms with Gasteiger partial charge in [0.25, 0.3) is 0 Å². The lowest BCUT2D eigenvalue weighted by Gasteiger charge is -1.96. The molecule has 0 atom stereocenters. The molecule has 72 valence electrons. The first kappa shape index (κ1) is 8.71. The summed E-state index contributed by atoms with van der Waals surface area (Å²) in [7, 11) is 0. The average Bonchev–Trinajstić information content (AvgIpc) is 2.65. The summed E-state index contributed by atoms with van der Waals surface area (Å²) < 4.78 is 4.42. The highest BCUT2D eigenvalue weighted by Crippen LogP contribution is 2.18. The van der Waals surface area contributed by atoms with Crippen molar-refractivity contribution in [3.63, 3.8) is 0 Å². The molecule has 2 aromatic rings. The van der Waals surface area contributed by atoms with Crippen LogP contribution in [0, 0.1) is 0 Å². The van der Waals surface area contributed by atoms with Crippen molar-refractivity contribution < 1.29 is 14.7 Å². The molecule has 0 spiro atoms. The lowest BCUT2D eigenvalue weighted by molar-refractivity contribution is 0.267. The minimum atomic E-state index is -0.453. The minimum absolute atomic E-state index is 0.00221. The molecule has 0 saturated carbocycles. The van der Waals surface area contributed by atoms with Crippen molar-refractivity contribution in [2.45, 2.75) is 6.61 Å². The molecule has 5 heteroatoms.